The molecule has 0 aliphatic carbocycles. The van der Waals surface area contributed by atoms with Gasteiger partial charge < -0.3 is 10.2 Å². The molecule has 1 N–H and O–H groups in total. The van der Waals surface area contributed by atoms with E-state index in [9.17, 15) is 4.79 Å². The number of amides is 2. The quantitative estimate of drug-likeness (QED) is 0.735. The molecule has 2 amide bonds. The van der Waals surface area contributed by atoms with E-state index in [0.717, 1.165) is 37.2 Å². The summed E-state index contributed by atoms with van der Waals surface area (Å²) in [6.45, 7) is 14.5. The molecular weight excluding hydrogens is 272 g/mol. The van der Waals surface area contributed by atoms with Crippen molar-refractivity contribution in [2.45, 2.75) is 54.4 Å². The number of nitrogens with one attached hydrogen (secondary N) is 1. The standard InChI is InChI=1S/C19H32N2O/c1-14(2)9-11-21(12-10-15(3)4)19(22)20-18-8-7-16(5)13-17(18)6/h7-8,13-15H,9-12H2,1-6H3,(H,20,22). The Morgan fingerprint density at radius 3 is 2.05 bits per heavy atom. The first-order valence-corrected chi connectivity index (χ1v) is 8.42. The van der Waals surface area contributed by atoms with E-state index in [1.54, 1.807) is 0 Å². The molecule has 0 unspecified atom stereocenters. The van der Waals surface area contributed by atoms with E-state index in [0.29, 0.717) is 11.8 Å². The highest BCUT2D eigenvalue weighted by Crippen LogP contribution is 2.17. The summed E-state index contributed by atoms with van der Waals surface area (Å²) in [5.41, 5.74) is 3.24. The predicted octanol–water partition coefficient (Wildman–Crippen LogP) is 5.23. The Morgan fingerprint density at radius 2 is 1.59 bits per heavy atom. The molecule has 1 rings (SSSR count). The average Bonchev–Trinajstić information content (AvgIpc) is 2.41. The second-order valence-electron chi connectivity index (χ2n) is 7.10. The third-order valence-electron chi connectivity index (χ3n) is 3.86. The van der Waals surface area contributed by atoms with Crippen LogP contribution in [0.1, 0.15) is 51.7 Å². The minimum atomic E-state index is 0.0215. The Kier molecular flexibility index (Phi) is 7.43. The number of carbonyl (C=O) groups is 1. The first-order chi connectivity index (χ1) is 10.3. The van der Waals surface area contributed by atoms with Gasteiger partial charge in [-0.25, -0.2) is 4.79 Å². The van der Waals surface area contributed by atoms with Crippen LogP contribution in [0.15, 0.2) is 18.2 Å². The van der Waals surface area contributed by atoms with Crippen LogP contribution < -0.4 is 5.32 Å². The lowest BCUT2D eigenvalue weighted by atomic mass is 10.1. The molecule has 0 spiro atoms. The number of nitrogens with zero attached hydrogens (tertiary/aromatic N) is 1. The van der Waals surface area contributed by atoms with Gasteiger partial charge in [0.2, 0.25) is 0 Å². The highest BCUT2D eigenvalue weighted by Gasteiger charge is 2.15. The Hall–Kier alpha value is -1.51. The Balaban J connectivity index is 2.72. The van der Waals surface area contributed by atoms with Crippen molar-refractivity contribution in [3.05, 3.63) is 29.3 Å². The molecule has 1 aromatic rings. The van der Waals surface area contributed by atoms with E-state index < -0.39 is 0 Å². The Labute approximate surface area is 136 Å². The van der Waals surface area contributed by atoms with E-state index in [-0.39, 0.29) is 6.03 Å². The third-order valence-corrected chi connectivity index (χ3v) is 3.86. The fraction of sp³-hybridized carbons (Fsp3) is 0.632. The number of aryl methyl sites for hydroxylation is 2. The topological polar surface area (TPSA) is 32.3 Å². The van der Waals surface area contributed by atoms with Crippen LogP contribution in [0.2, 0.25) is 0 Å². The number of hydrogen-bond donors (Lipinski definition) is 1. The van der Waals surface area contributed by atoms with Crippen LogP contribution in [-0.2, 0) is 0 Å². The first-order valence-electron chi connectivity index (χ1n) is 8.42. The Bertz CT molecular complexity index is 468. The molecule has 0 aliphatic rings. The van der Waals surface area contributed by atoms with Crippen LogP contribution >= 0.6 is 0 Å². The molecule has 1 aromatic carbocycles. The SMILES string of the molecule is Cc1ccc(NC(=O)N(CCC(C)C)CCC(C)C)c(C)c1. The lowest BCUT2D eigenvalue weighted by Crippen LogP contribution is -2.37. The van der Waals surface area contributed by atoms with Crippen molar-refractivity contribution < 1.29 is 4.79 Å². The maximum Gasteiger partial charge on any atom is 0.321 e. The van der Waals surface area contributed by atoms with Crippen molar-refractivity contribution in [3.63, 3.8) is 0 Å². The molecular formula is C19H32N2O. The van der Waals surface area contributed by atoms with Crippen LogP contribution in [0.5, 0.6) is 0 Å². The molecule has 0 saturated carbocycles. The van der Waals surface area contributed by atoms with Crippen molar-refractivity contribution in [1.82, 2.24) is 4.90 Å². The van der Waals surface area contributed by atoms with E-state index in [2.05, 4.69) is 46.0 Å². The maximum absolute atomic E-state index is 12.6. The van der Waals surface area contributed by atoms with Gasteiger partial charge in [-0.1, -0.05) is 45.4 Å². The summed E-state index contributed by atoms with van der Waals surface area (Å²) in [5.74, 6) is 1.21. The molecule has 3 heteroatoms. The van der Waals surface area contributed by atoms with E-state index >= 15 is 0 Å². The molecule has 0 fully saturated rings. The lowest BCUT2D eigenvalue weighted by Gasteiger charge is -2.25. The molecule has 0 heterocycles. The highest BCUT2D eigenvalue weighted by molar-refractivity contribution is 5.90. The highest BCUT2D eigenvalue weighted by atomic mass is 16.2. The fourth-order valence-electron chi connectivity index (χ4n) is 2.29. The van der Waals surface area contributed by atoms with Gasteiger partial charge in [-0.2, -0.15) is 0 Å². The van der Waals surface area contributed by atoms with E-state index in [4.69, 9.17) is 0 Å². The first kappa shape index (κ1) is 18.5. The number of urea groups is 1. The van der Waals surface area contributed by atoms with Gasteiger partial charge in [-0.05, 0) is 50.2 Å². The average molecular weight is 304 g/mol. The fourth-order valence-corrected chi connectivity index (χ4v) is 2.29. The van der Waals surface area contributed by atoms with Crippen molar-refractivity contribution >= 4 is 11.7 Å². The van der Waals surface area contributed by atoms with Gasteiger partial charge in [0.15, 0.2) is 0 Å². The van der Waals surface area contributed by atoms with Crippen LogP contribution in [-0.4, -0.2) is 24.0 Å². The monoisotopic (exact) mass is 304 g/mol. The molecule has 3 nitrogen and oxygen atoms in total. The summed E-state index contributed by atoms with van der Waals surface area (Å²) < 4.78 is 0. The van der Waals surface area contributed by atoms with Gasteiger partial charge in [0.1, 0.15) is 0 Å². The Morgan fingerprint density at radius 1 is 1.05 bits per heavy atom. The number of hydrogen-bond acceptors (Lipinski definition) is 1. The summed E-state index contributed by atoms with van der Waals surface area (Å²) >= 11 is 0. The second kappa shape index (κ2) is 8.82. The van der Waals surface area contributed by atoms with Crippen LogP contribution in [0.3, 0.4) is 0 Å². The van der Waals surface area contributed by atoms with Gasteiger partial charge in [-0.3, -0.25) is 0 Å². The zero-order valence-electron chi connectivity index (χ0n) is 15.1. The van der Waals surface area contributed by atoms with Gasteiger partial charge in [0.25, 0.3) is 0 Å². The molecule has 0 saturated heterocycles. The smallest absolute Gasteiger partial charge is 0.321 e. The molecule has 0 atom stereocenters. The van der Waals surface area contributed by atoms with E-state index in [1.165, 1.54) is 5.56 Å². The largest absolute Gasteiger partial charge is 0.325 e. The maximum atomic E-state index is 12.6. The van der Waals surface area contributed by atoms with Crippen LogP contribution in [0, 0.1) is 25.7 Å². The van der Waals surface area contributed by atoms with Crippen molar-refractivity contribution in [3.8, 4) is 0 Å². The summed E-state index contributed by atoms with van der Waals surface area (Å²) in [4.78, 5) is 14.5. The summed E-state index contributed by atoms with van der Waals surface area (Å²) in [6.07, 6.45) is 2.08. The van der Waals surface area contributed by atoms with Gasteiger partial charge in [-0.15, -0.1) is 0 Å². The minimum absolute atomic E-state index is 0.0215. The molecule has 124 valence electrons. The number of anilines is 1. The summed E-state index contributed by atoms with van der Waals surface area (Å²) in [7, 11) is 0. The zero-order valence-corrected chi connectivity index (χ0v) is 15.1. The third kappa shape index (κ3) is 6.50. The molecule has 22 heavy (non-hydrogen) atoms. The van der Waals surface area contributed by atoms with Crippen molar-refractivity contribution in [2.75, 3.05) is 18.4 Å². The van der Waals surface area contributed by atoms with Crippen LogP contribution in [0.25, 0.3) is 0 Å². The minimum Gasteiger partial charge on any atom is -0.325 e. The zero-order chi connectivity index (χ0) is 16.7. The van der Waals surface area contributed by atoms with Gasteiger partial charge in [0.05, 0.1) is 0 Å². The number of carbonyl (C=O) groups excluding carboxylic acids is 1. The van der Waals surface area contributed by atoms with Crippen LogP contribution in [0.4, 0.5) is 10.5 Å². The normalized spacial score (nSPS) is 11.1. The van der Waals surface area contributed by atoms with Gasteiger partial charge in [0, 0.05) is 18.8 Å². The van der Waals surface area contributed by atoms with E-state index in [1.807, 2.05) is 24.0 Å². The summed E-state index contributed by atoms with van der Waals surface area (Å²) in [6, 6.07) is 6.15. The van der Waals surface area contributed by atoms with Gasteiger partial charge >= 0.3 is 6.03 Å². The lowest BCUT2D eigenvalue weighted by molar-refractivity contribution is 0.205. The number of benzene rings is 1. The molecule has 0 radical (unpaired) electrons. The van der Waals surface area contributed by atoms with Crippen molar-refractivity contribution in [1.29, 1.82) is 0 Å². The number of rotatable bonds is 7. The molecule has 0 aliphatic heterocycles. The summed E-state index contributed by atoms with van der Waals surface area (Å²) in [5, 5.41) is 3.07. The molecule has 0 aromatic heterocycles. The molecule has 0 bridgehead atoms. The second-order valence-corrected chi connectivity index (χ2v) is 7.10. The van der Waals surface area contributed by atoms with Crippen molar-refractivity contribution in [2.24, 2.45) is 11.8 Å². The predicted molar refractivity (Wildman–Crippen MR) is 95.4 cm³/mol.